The molecule has 0 radical (unpaired) electrons. The van der Waals surface area contributed by atoms with Crippen LogP contribution in [0.5, 0.6) is 0 Å². The lowest BCUT2D eigenvalue weighted by molar-refractivity contribution is -0.146. The Labute approximate surface area is 113 Å². The summed E-state index contributed by atoms with van der Waals surface area (Å²) in [5.41, 5.74) is 7.87. The molecule has 1 saturated heterocycles. The van der Waals surface area contributed by atoms with Crippen molar-refractivity contribution in [1.29, 1.82) is 0 Å². The third-order valence-electron chi connectivity index (χ3n) is 3.30. The molecule has 0 aliphatic carbocycles. The summed E-state index contributed by atoms with van der Waals surface area (Å²) in [5, 5.41) is 4.15. The van der Waals surface area contributed by atoms with Crippen LogP contribution in [0.15, 0.2) is 5.10 Å². The van der Waals surface area contributed by atoms with Crippen LogP contribution in [0.4, 0.5) is 0 Å². The van der Waals surface area contributed by atoms with Crippen molar-refractivity contribution in [3.8, 4) is 0 Å². The standard InChI is InChI=1S/C12H21N3O2S/c1-4-5-6-9-7-12(3,17-10(9)16)8(2)14-15-11(13)18/h9H,4-7H2,1-3H3,(H3,13,15,18)/b14-8-/t9-,12+/m0/s1. The predicted octanol–water partition coefficient (Wildman–Crippen LogP) is 1.71. The van der Waals surface area contributed by atoms with E-state index < -0.39 is 5.60 Å². The largest absolute Gasteiger partial charge is 0.453 e. The highest BCUT2D eigenvalue weighted by molar-refractivity contribution is 7.80. The molecule has 0 spiro atoms. The first kappa shape index (κ1) is 14.9. The molecule has 1 aliphatic heterocycles. The second kappa shape index (κ2) is 6.13. The summed E-state index contributed by atoms with van der Waals surface area (Å²) in [6.07, 6.45) is 3.66. The lowest BCUT2D eigenvalue weighted by Crippen LogP contribution is -2.36. The molecule has 1 fully saturated rings. The van der Waals surface area contributed by atoms with Crippen molar-refractivity contribution < 1.29 is 9.53 Å². The highest BCUT2D eigenvalue weighted by Crippen LogP contribution is 2.34. The van der Waals surface area contributed by atoms with Gasteiger partial charge in [0.05, 0.1) is 11.6 Å². The van der Waals surface area contributed by atoms with E-state index in [1.807, 2.05) is 6.92 Å². The number of hydrogen-bond donors (Lipinski definition) is 2. The molecule has 0 bridgehead atoms. The highest BCUT2D eigenvalue weighted by atomic mass is 32.1. The van der Waals surface area contributed by atoms with E-state index in [4.69, 9.17) is 10.5 Å². The zero-order valence-electron chi connectivity index (χ0n) is 11.2. The van der Waals surface area contributed by atoms with Gasteiger partial charge in [0.2, 0.25) is 0 Å². The molecule has 18 heavy (non-hydrogen) atoms. The number of unbranched alkanes of at least 4 members (excludes halogenated alkanes) is 1. The van der Waals surface area contributed by atoms with Crippen molar-refractivity contribution in [3.05, 3.63) is 0 Å². The molecule has 102 valence electrons. The van der Waals surface area contributed by atoms with Crippen molar-refractivity contribution >= 4 is 29.0 Å². The van der Waals surface area contributed by atoms with Gasteiger partial charge >= 0.3 is 5.97 Å². The zero-order valence-corrected chi connectivity index (χ0v) is 12.0. The van der Waals surface area contributed by atoms with E-state index in [0.29, 0.717) is 12.1 Å². The molecule has 0 aromatic carbocycles. The van der Waals surface area contributed by atoms with Gasteiger partial charge in [-0.2, -0.15) is 5.10 Å². The van der Waals surface area contributed by atoms with Crippen molar-refractivity contribution in [2.75, 3.05) is 0 Å². The first-order chi connectivity index (χ1) is 8.39. The predicted molar refractivity (Wildman–Crippen MR) is 75.2 cm³/mol. The number of nitrogens with one attached hydrogen (secondary N) is 1. The van der Waals surface area contributed by atoms with E-state index in [0.717, 1.165) is 19.3 Å². The van der Waals surface area contributed by atoms with Crippen molar-refractivity contribution in [2.24, 2.45) is 16.8 Å². The van der Waals surface area contributed by atoms with Gasteiger partial charge in [-0.05, 0) is 32.5 Å². The van der Waals surface area contributed by atoms with Crippen molar-refractivity contribution in [3.63, 3.8) is 0 Å². The molecule has 0 saturated carbocycles. The Balaban J connectivity index is 2.68. The summed E-state index contributed by atoms with van der Waals surface area (Å²) in [6, 6.07) is 0. The van der Waals surface area contributed by atoms with Crippen LogP contribution in [-0.2, 0) is 9.53 Å². The lowest BCUT2D eigenvalue weighted by atomic mass is 9.89. The van der Waals surface area contributed by atoms with Gasteiger partial charge in [-0.15, -0.1) is 0 Å². The lowest BCUT2D eigenvalue weighted by Gasteiger charge is -2.22. The molecule has 0 aromatic heterocycles. The summed E-state index contributed by atoms with van der Waals surface area (Å²) < 4.78 is 5.46. The van der Waals surface area contributed by atoms with Gasteiger partial charge in [-0.25, -0.2) is 0 Å². The van der Waals surface area contributed by atoms with Gasteiger partial charge < -0.3 is 10.5 Å². The zero-order chi connectivity index (χ0) is 13.8. The molecule has 3 N–H and O–H groups in total. The number of nitrogens with two attached hydrogens (primary N) is 1. The van der Waals surface area contributed by atoms with Gasteiger partial charge in [0, 0.05) is 6.42 Å². The fraction of sp³-hybridized carbons (Fsp3) is 0.750. The van der Waals surface area contributed by atoms with Crippen molar-refractivity contribution in [1.82, 2.24) is 5.43 Å². The summed E-state index contributed by atoms with van der Waals surface area (Å²) >= 11 is 4.68. The first-order valence-electron chi connectivity index (χ1n) is 6.22. The molecule has 6 heteroatoms. The fourth-order valence-corrected chi connectivity index (χ4v) is 2.10. The summed E-state index contributed by atoms with van der Waals surface area (Å²) in [5.74, 6) is -0.152. The number of ether oxygens (including phenoxy) is 1. The third-order valence-corrected chi connectivity index (χ3v) is 3.39. The van der Waals surface area contributed by atoms with E-state index in [-0.39, 0.29) is 17.0 Å². The Morgan fingerprint density at radius 1 is 1.72 bits per heavy atom. The minimum Gasteiger partial charge on any atom is -0.453 e. The first-order valence-corrected chi connectivity index (χ1v) is 6.63. The van der Waals surface area contributed by atoms with E-state index in [1.54, 1.807) is 6.92 Å². The monoisotopic (exact) mass is 271 g/mol. The van der Waals surface area contributed by atoms with E-state index in [2.05, 4.69) is 29.7 Å². The van der Waals surface area contributed by atoms with Crippen LogP contribution in [0.2, 0.25) is 0 Å². The summed E-state index contributed by atoms with van der Waals surface area (Å²) in [6.45, 7) is 5.79. The average molecular weight is 271 g/mol. The molecule has 0 amide bonds. The molecule has 5 nitrogen and oxygen atoms in total. The normalized spacial score (nSPS) is 28.1. The number of hydrazone groups is 1. The van der Waals surface area contributed by atoms with Gasteiger partial charge in [0.25, 0.3) is 0 Å². The highest BCUT2D eigenvalue weighted by Gasteiger charge is 2.45. The Morgan fingerprint density at radius 2 is 2.39 bits per heavy atom. The van der Waals surface area contributed by atoms with Gasteiger partial charge in [0.15, 0.2) is 5.11 Å². The number of rotatable bonds is 5. The molecule has 1 heterocycles. The van der Waals surface area contributed by atoms with E-state index in [1.165, 1.54) is 0 Å². The van der Waals surface area contributed by atoms with Crippen LogP contribution in [0.3, 0.4) is 0 Å². The van der Waals surface area contributed by atoms with E-state index in [9.17, 15) is 4.79 Å². The smallest absolute Gasteiger partial charge is 0.310 e. The number of carbonyl (C=O) groups excluding carboxylic acids is 1. The minimum atomic E-state index is -0.646. The van der Waals surface area contributed by atoms with E-state index >= 15 is 0 Å². The number of hydrogen-bond acceptors (Lipinski definition) is 4. The van der Waals surface area contributed by atoms with Crippen LogP contribution in [0.1, 0.15) is 46.5 Å². The second-order valence-electron chi connectivity index (χ2n) is 4.87. The molecule has 2 atom stereocenters. The molecular weight excluding hydrogens is 250 g/mol. The van der Waals surface area contributed by atoms with Gasteiger partial charge in [-0.1, -0.05) is 19.8 Å². The molecule has 1 aliphatic rings. The fourth-order valence-electron chi connectivity index (χ4n) is 2.05. The molecular formula is C12H21N3O2S. The Bertz CT molecular complexity index is 370. The Morgan fingerprint density at radius 3 is 2.94 bits per heavy atom. The van der Waals surface area contributed by atoms with Crippen LogP contribution in [-0.4, -0.2) is 22.4 Å². The van der Waals surface area contributed by atoms with Gasteiger partial charge in [0.1, 0.15) is 5.60 Å². The number of cyclic esters (lactones) is 1. The number of carbonyl (C=O) groups is 1. The minimum absolute atomic E-state index is 0.0232. The Hall–Kier alpha value is -1.17. The van der Waals surface area contributed by atoms with Crippen LogP contribution >= 0.6 is 12.2 Å². The number of nitrogens with zero attached hydrogens (tertiary/aromatic N) is 1. The molecule has 1 rings (SSSR count). The summed E-state index contributed by atoms with van der Waals surface area (Å²) in [7, 11) is 0. The maximum Gasteiger partial charge on any atom is 0.310 e. The van der Waals surface area contributed by atoms with Crippen LogP contribution < -0.4 is 11.2 Å². The topological polar surface area (TPSA) is 76.7 Å². The number of thiocarbonyl (C=S) groups is 1. The maximum absolute atomic E-state index is 11.8. The van der Waals surface area contributed by atoms with Gasteiger partial charge in [-0.3, -0.25) is 10.2 Å². The van der Waals surface area contributed by atoms with Crippen LogP contribution in [0.25, 0.3) is 0 Å². The van der Waals surface area contributed by atoms with Crippen LogP contribution in [0, 0.1) is 5.92 Å². The maximum atomic E-state index is 11.8. The second-order valence-corrected chi connectivity index (χ2v) is 5.31. The van der Waals surface area contributed by atoms with Crippen molar-refractivity contribution in [2.45, 2.75) is 52.1 Å². The average Bonchev–Trinajstić information content (AvgIpc) is 2.59. The third kappa shape index (κ3) is 3.66. The molecule has 0 unspecified atom stereocenters. The SMILES string of the molecule is CCCC[C@H]1C[C@](C)(/C(C)=N\NC(N)=S)OC1=O. The Kier molecular flexibility index (Phi) is 5.07. The number of esters is 1. The quantitative estimate of drug-likeness (QED) is 0.344. The molecule has 0 aromatic rings. The summed E-state index contributed by atoms with van der Waals surface area (Å²) in [4.78, 5) is 11.8.